The number of rotatable bonds is 4. The van der Waals surface area contributed by atoms with Gasteiger partial charge in [-0.3, -0.25) is 4.68 Å². The molecule has 0 saturated heterocycles. The number of imidazole rings is 1. The number of hydrogen-bond donors (Lipinski definition) is 1. The fourth-order valence-electron chi connectivity index (χ4n) is 2.22. The van der Waals surface area contributed by atoms with Gasteiger partial charge in [-0.25, -0.2) is 4.98 Å². The number of hydrogen-bond acceptors (Lipinski definition) is 3. The van der Waals surface area contributed by atoms with Crippen molar-refractivity contribution in [2.45, 2.75) is 6.42 Å². The molecule has 0 unspecified atom stereocenters. The summed E-state index contributed by atoms with van der Waals surface area (Å²) in [5.41, 5.74) is 3.40. The van der Waals surface area contributed by atoms with Crippen molar-refractivity contribution in [1.29, 1.82) is 0 Å². The van der Waals surface area contributed by atoms with E-state index >= 15 is 0 Å². The highest BCUT2D eigenvalue weighted by Crippen LogP contribution is 2.17. The van der Waals surface area contributed by atoms with Gasteiger partial charge in [0.2, 0.25) is 5.95 Å². The molecule has 3 rings (SSSR count). The zero-order valence-corrected chi connectivity index (χ0v) is 11.2. The molecule has 98 valence electrons. The smallest absolute Gasteiger partial charge is 0.203 e. The van der Waals surface area contributed by atoms with E-state index in [1.54, 1.807) is 0 Å². The van der Waals surface area contributed by atoms with E-state index in [9.17, 15) is 0 Å². The molecule has 2 aromatic heterocycles. The van der Waals surface area contributed by atoms with Gasteiger partial charge < -0.3 is 9.88 Å². The second-order valence-corrected chi connectivity index (χ2v) is 4.68. The first-order valence-corrected chi connectivity index (χ1v) is 6.37. The van der Waals surface area contributed by atoms with Crippen LogP contribution in [0.15, 0.2) is 36.7 Å². The van der Waals surface area contributed by atoms with Crippen molar-refractivity contribution in [3.8, 4) is 0 Å². The lowest BCUT2D eigenvalue weighted by Gasteiger charge is -2.04. The van der Waals surface area contributed by atoms with Gasteiger partial charge in [0.15, 0.2) is 0 Å². The summed E-state index contributed by atoms with van der Waals surface area (Å²) in [6.45, 7) is 0.850. The van der Waals surface area contributed by atoms with Gasteiger partial charge in [0.25, 0.3) is 0 Å². The van der Waals surface area contributed by atoms with Gasteiger partial charge in [-0.2, -0.15) is 5.10 Å². The Morgan fingerprint density at radius 1 is 1.21 bits per heavy atom. The summed E-state index contributed by atoms with van der Waals surface area (Å²) in [6.07, 6.45) is 4.88. The fourth-order valence-corrected chi connectivity index (χ4v) is 2.22. The van der Waals surface area contributed by atoms with E-state index in [-0.39, 0.29) is 0 Å². The summed E-state index contributed by atoms with van der Waals surface area (Å²) in [4.78, 5) is 4.58. The average Bonchev–Trinajstić information content (AvgIpc) is 2.96. The molecule has 0 radical (unpaired) electrons. The van der Waals surface area contributed by atoms with Crippen LogP contribution in [0.2, 0.25) is 0 Å². The SMILES string of the molecule is Cn1cc(CCNc2nc3ccccc3n2C)cn1. The maximum absolute atomic E-state index is 4.58. The summed E-state index contributed by atoms with van der Waals surface area (Å²) in [5, 5.41) is 7.54. The van der Waals surface area contributed by atoms with E-state index in [4.69, 9.17) is 0 Å². The first kappa shape index (κ1) is 11.8. The van der Waals surface area contributed by atoms with Crippen molar-refractivity contribution < 1.29 is 0 Å². The van der Waals surface area contributed by atoms with Crippen LogP contribution < -0.4 is 5.32 Å². The molecule has 5 heteroatoms. The van der Waals surface area contributed by atoms with E-state index in [0.29, 0.717) is 0 Å². The molecule has 0 aliphatic carbocycles. The number of aromatic nitrogens is 4. The minimum Gasteiger partial charge on any atom is -0.355 e. The highest BCUT2D eigenvalue weighted by molar-refractivity contribution is 5.78. The van der Waals surface area contributed by atoms with Crippen LogP contribution in [0.25, 0.3) is 11.0 Å². The summed E-state index contributed by atoms with van der Waals surface area (Å²) in [5.74, 6) is 0.907. The van der Waals surface area contributed by atoms with Crippen molar-refractivity contribution >= 4 is 17.0 Å². The van der Waals surface area contributed by atoms with Gasteiger partial charge in [-0.15, -0.1) is 0 Å². The van der Waals surface area contributed by atoms with Crippen molar-refractivity contribution in [2.75, 3.05) is 11.9 Å². The molecule has 0 aliphatic heterocycles. The Kier molecular flexibility index (Phi) is 2.95. The molecular formula is C14H17N5. The van der Waals surface area contributed by atoms with Crippen LogP contribution in [0, 0.1) is 0 Å². The molecule has 1 aromatic carbocycles. The van der Waals surface area contributed by atoms with Crippen LogP contribution in [0.4, 0.5) is 5.95 Å². The monoisotopic (exact) mass is 255 g/mol. The van der Waals surface area contributed by atoms with Crippen LogP contribution in [0.3, 0.4) is 0 Å². The van der Waals surface area contributed by atoms with Crippen molar-refractivity contribution in [1.82, 2.24) is 19.3 Å². The molecule has 0 spiro atoms. The molecule has 2 heterocycles. The van der Waals surface area contributed by atoms with Crippen LogP contribution in [-0.2, 0) is 20.5 Å². The van der Waals surface area contributed by atoms with Crippen molar-refractivity contribution in [3.05, 3.63) is 42.2 Å². The molecule has 5 nitrogen and oxygen atoms in total. The topological polar surface area (TPSA) is 47.7 Å². The molecule has 1 N–H and O–H groups in total. The molecule has 0 saturated carbocycles. The van der Waals surface area contributed by atoms with E-state index in [1.165, 1.54) is 5.56 Å². The zero-order valence-electron chi connectivity index (χ0n) is 11.2. The first-order valence-electron chi connectivity index (χ1n) is 6.37. The largest absolute Gasteiger partial charge is 0.355 e. The summed E-state index contributed by atoms with van der Waals surface area (Å²) < 4.78 is 3.91. The second kappa shape index (κ2) is 4.76. The third kappa shape index (κ3) is 2.31. The van der Waals surface area contributed by atoms with Gasteiger partial charge in [0, 0.05) is 26.8 Å². The number of benzene rings is 1. The molecular weight excluding hydrogens is 238 g/mol. The predicted octanol–water partition coefficient (Wildman–Crippen LogP) is 1.96. The lowest BCUT2D eigenvalue weighted by Crippen LogP contribution is -2.08. The maximum atomic E-state index is 4.58. The molecule has 0 atom stereocenters. The summed E-state index contributed by atoms with van der Waals surface area (Å²) in [7, 11) is 3.96. The first-order chi connectivity index (χ1) is 9.24. The highest BCUT2D eigenvalue weighted by atomic mass is 15.2. The summed E-state index contributed by atoms with van der Waals surface area (Å²) in [6, 6.07) is 8.15. The Labute approximate surface area is 111 Å². The zero-order chi connectivity index (χ0) is 13.2. The normalized spacial score (nSPS) is 11.1. The number of nitrogens with zero attached hydrogens (tertiary/aromatic N) is 4. The molecule has 3 aromatic rings. The Morgan fingerprint density at radius 3 is 2.79 bits per heavy atom. The third-order valence-electron chi connectivity index (χ3n) is 3.24. The van der Waals surface area contributed by atoms with E-state index in [0.717, 1.165) is 29.9 Å². The number of aryl methyl sites for hydroxylation is 2. The van der Waals surface area contributed by atoms with E-state index in [2.05, 4.69) is 26.0 Å². The van der Waals surface area contributed by atoms with Crippen molar-refractivity contribution in [3.63, 3.8) is 0 Å². The standard InChI is InChI=1S/C14H17N5/c1-18-10-11(9-16-18)7-8-15-14-17-12-5-3-4-6-13(12)19(14)2/h3-6,9-10H,7-8H2,1-2H3,(H,15,17). The second-order valence-electron chi connectivity index (χ2n) is 4.68. The molecule has 0 aliphatic rings. The lowest BCUT2D eigenvalue weighted by molar-refractivity contribution is 0.766. The third-order valence-corrected chi connectivity index (χ3v) is 3.24. The minimum absolute atomic E-state index is 0.850. The van der Waals surface area contributed by atoms with E-state index in [1.807, 2.05) is 49.4 Å². The van der Waals surface area contributed by atoms with Crippen LogP contribution in [0.1, 0.15) is 5.56 Å². The van der Waals surface area contributed by atoms with Crippen LogP contribution in [0.5, 0.6) is 0 Å². The predicted molar refractivity (Wildman–Crippen MR) is 76.1 cm³/mol. The van der Waals surface area contributed by atoms with Crippen LogP contribution >= 0.6 is 0 Å². The Hall–Kier alpha value is -2.30. The highest BCUT2D eigenvalue weighted by Gasteiger charge is 2.06. The molecule has 0 bridgehead atoms. The van der Waals surface area contributed by atoms with Gasteiger partial charge in [0.1, 0.15) is 0 Å². The Bertz CT molecular complexity index is 695. The quantitative estimate of drug-likeness (QED) is 0.775. The minimum atomic E-state index is 0.850. The number of nitrogens with one attached hydrogen (secondary N) is 1. The number of anilines is 1. The number of para-hydroxylation sites is 2. The number of fused-ring (bicyclic) bond motifs is 1. The van der Waals surface area contributed by atoms with Gasteiger partial charge in [-0.05, 0) is 24.1 Å². The molecule has 19 heavy (non-hydrogen) atoms. The molecule has 0 amide bonds. The Balaban J connectivity index is 1.70. The van der Waals surface area contributed by atoms with E-state index < -0.39 is 0 Å². The maximum Gasteiger partial charge on any atom is 0.203 e. The van der Waals surface area contributed by atoms with Gasteiger partial charge in [0.05, 0.1) is 17.2 Å². The lowest BCUT2D eigenvalue weighted by atomic mass is 10.2. The average molecular weight is 255 g/mol. The fraction of sp³-hybridized carbons (Fsp3) is 0.286. The van der Waals surface area contributed by atoms with Gasteiger partial charge in [-0.1, -0.05) is 12.1 Å². The van der Waals surface area contributed by atoms with Gasteiger partial charge >= 0.3 is 0 Å². The Morgan fingerprint density at radius 2 is 2.05 bits per heavy atom. The van der Waals surface area contributed by atoms with Crippen molar-refractivity contribution in [2.24, 2.45) is 14.1 Å². The molecule has 0 fully saturated rings. The van der Waals surface area contributed by atoms with Crippen LogP contribution in [-0.4, -0.2) is 25.9 Å². The summed E-state index contributed by atoms with van der Waals surface area (Å²) >= 11 is 0.